The molecule has 0 unspecified atom stereocenters. The first-order valence-corrected chi connectivity index (χ1v) is 9.05. The summed E-state index contributed by atoms with van der Waals surface area (Å²) in [6, 6.07) is 5.64. The zero-order valence-corrected chi connectivity index (χ0v) is 14.0. The highest BCUT2D eigenvalue weighted by molar-refractivity contribution is 7.90. The molecule has 0 saturated heterocycles. The lowest BCUT2D eigenvalue weighted by Crippen LogP contribution is -2.08. The van der Waals surface area contributed by atoms with Crippen LogP contribution in [0.5, 0.6) is 0 Å². The number of halogens is 4. The molecule has 0 N–H and O–H groups in total. The molecule has 0 bridgehead atoms. The van der Waals surface area contributed by atoms with Crippen molar-refractivity contribution in [3.05, 3.63) is 60.1 Å². The fraction of sp³-hybridized carbons (Fsp3) is 0.125. The van der Waals surface area contributed by atoms with Crippen LogP contribution in [0.1, 0.15) is 12.1 Å². The van der Waals surface area contributed by atoms with Crippen molar-refractivity contribution in [2.75, 3.05) is 6.26 Å². The van der Waals surface area contributed by atoms with Crippen LogP contribution < -0.4 is 0 Å². The second-order valence-corrected chi connectivity index (χ2v) is 7.37. The first-order valence-electron chi connectivity index (χ1n) is 7.16. The highest BCUT2D eigenvalue weighted by atomic mass is 32.2. The minimum Gasteiger partial charge on any atom is -0.264 e. The molecule has 0 radical (unpaired) electrons. The van der Waals surface area contributed by atoms with Crippen LogP contribution in [0, 0.1) is 11.6 Å². The van der Waals surface area contributed by atoms with Gasteiger partial charge in [-0.1, -0.05) is 0 Å². The Balaban J connectivity index is 2.24. The lowest BCUT2D eigenvalue weighted by molar-refractivity contribution is 0.145. The van der Waals surface area contributed by atoms with E-state index < -0.39 is 38.5 Å². The summed E-state index contributed by atoms with van der Waals surface area (Å²) < 4.78 is 78.3. The molecule has 0 atom stereocenters. The van der Waals surface area contributed by atoms with E-state index >= 15 is 0 Å². The average molecular weight is 385 g/mol. The number of hydrogen-bond donors (Lipinski definition) is 0. The van der Waals surface area contributed by atoms with Crippen LogP contribution >= 0.6 is 0 Å². The van der Waals surface area contributed by atoms with Crippen LogP contribution in [-0.2, 0) is 9.84 Å². The van der Waals surface area contributed by atoms with Gasteiger partial charge in [0.1, 0.15) is 22.2 Å². The molecule has 2 heterocycles. The lowest BCUT2D eigenvalue weighted by Gasteiger charge is -2.10. The van der Waals surface area contributed by atoms with E-state index in [4.69, 9.17) is 0 Å². The lowest BCUT2D eigenvalue weighted by atomic mass is 10.2. The molecule has 0 spiro atoms. The molecule has 26 heavy (non-hydrogen) atoms. The molecule has 0 aliphatic heterocycles. The van der Waals surface area contributed by atoms with E-state index in [9.17, 15) is 26.0 Å². The molecule has 5 nitrogen and oxygen atoms in total. The van der Waals surface area contributed by atoms with Crippen molar-refractivity contribution in [2.24, 2.45) is 0 Å². The summed E-state index contributed by atoms with van der Waals surface area (Å²) in [5, 5.41) is 3.69. The van der Waals surface area contributed by atoms with Gasteiger partial charge in [-0.05, 0) is 18.2 Å². The van der Waals surface area contributed by atoms with Gasteiger partial charge in [-0.15, -0.1) is 0 Å². The second kappa shape index (κ2) is 6.52. The number of nitrogens with zero attached hydrogens (tertiary/aromatic N) is 3. The minimum atomic E-state index is -4.14. The molecule has 1 aromatic carbocycles. The van der Waals surface area contributed by atoms with Gasteiger partial charge in [0, 0.05) is 36.3 Å². The van der Waals surface area contributed by atoms with Crippen molar-refractivity contribution in [1.29, 1.82) is 0 Å². The maximum absolute atomic E-state index is 14.2. The quantitative estimate of drug-likeness (QED) is 0.645. The van der Waals surface area contributed by atoms with Crippen molar-refractivity contribution < 1.29 is 26.0 Å². The maximum Gasteiger partial charge on any atom is 0.282 e. The van der Waals surface area contributed by atoms with Crippen molar-refractivity contribution in [2.45, 2.75) is 11.3 Å². The Morgan fingerprint density at radius 1 is 1.12 bits per heavy atom. The van der Waals surface area contributed by atoms with Gasteiger partial charge in [0.15, 0.2) is 9.84 Å². The molecular weight excluding hydrogens is 374 g/mol. The molecule has 3 aromatic rings. The van der Waals surface area contributed by atoms with E-state index in [1.54, 1.807) is 12.1 Å². The fourth-order valence-electron chi connectivity index (χ4n) is 2.45. The van der Waals surface area contributed by atoms with E-state index in [0.29, 0.717) is 11.8 Å². The van der Waals surface area contributed by atoms with Crippen LogP contribution in [0.15, 0.2) is 47.6 Å². The van der Waals surface area contributed by atoms with Crippen molar-refractivity contribution in [3.63, 3.8) is 0 Å². The minimum absolute atomic E-state index is 0.124. The van der Waals surface area contributed by atoms with E-state index in [1.807, 2.05) is 0 Å². The molecule has 0 fully saturated rings. The van der Waals surface area contributed by atoms with Crippen LogP contribution in [0.25, 0.3) is 16.9 Å². The third-order valence-electron chi connectivity index (χ3n) is 3.51. The molecule has 2 aromatic heterocycles. The number of pyridine rings is 1. The number of hydrogen-bond acceptors (Lipinski definition) is 4. The number of rotatable bonds is 4. The Hall–Kier alpha value is -2.75. The topological polar surface area (TPSA) is 64.8 Å². The fourth-order valence-corrected chi connectivity index (χ4v) is 3.27. The Morgan fingerprint density at radius 2 is 1.77 bits per heavy atom. The Morgan fingerprint density at radius 3 is 2.27 bits per heavy atom. The Kier molecular flexibility index (Phi) is 4.53. The molecule has 0 aliphatic rings. The number of benzene rings is 1. The third kappa shape index (κ3) is 3.32. The van der Waals surface area contributed by atoms with Gasteiger partial charge in [-0.3, -0.25) is 4.98 Å². The largest absolute Gasteiger partial charge is 0.282 e. The van der Waals surface area contributed by atoms with Gasteiger partial charge in [0.25, 0.3) is 6.43 Å². The van der Waals surface area contributed by atoms with E-state index in [0.717, 1.165) is 22.9 Å². The normalized spacial score (nSPS) is 11.9. The van der Waals surface area contributed by atoms with Crippen LogP contribution in [0.3, 0.4) is 0 Å². The van der Waals surface area contributed by atoms with Crippen LogP contribution in [-0.4, -0.2) is 29.4 Å². The van der Waals surface area contributed by atoms with Gasteiger partial charge < -0.3 is 0 Å². The predicted molar refractivity (Wildman–Crippen MR) is 84.8 cm³/mol. The van der Waals surface area contributed by atoms with Crippen molar-refractivity contribution in [1.82, 2.24) is 14.8 Å². The summed E-state index contributed by atoms with van der Waals surface area (Å²) in [5.74, 6) is -2.68. The number of sulfone groups is 1. The van der Waals surface area contributed by atoms with E-state index in [1.165, 1.54) is 12.4 Å². The van der Waals surface area contributed by atoms with Gasteiger partial charge >= 0.3 is 0 Å². The van der Waals surface area contributed by atoms with Crippen LogP contribution in [0.2, 0.25) is 0 Å². The molecule has 0 amide bonds. The molecule has 0 aliphatic carbocycles. The zero-order chi connectivity index (χ0) is 19.1. The SMILES string of the molecule is CS(=O)(=O)c1c(F)cc(-n2nc(C(F)F)cc2-c2cccnc2)cc1F. The van der Waals surface area contributed by atoms with Gasteiger partial charge in [-0.25, -0.2) is 30.7 Å². The molecular formula is C16H11F4N3O2S. The van der Waals surface area contributed by atoms with Gasteiger partial charge in [0.05, 0.1) is 11.4 Å². The van der Waals surface area contributed by atoms with Gasteiger partial charge in [0.2, 0.25) is 0 Å². The standard InChI is InChI=1S/C16H11F4N3O2S/c1-26(24,25)15-11(17)5-10(6-12(15)18)23-14(7-13(22-23)16(19)20)9-3-2-4-21-8-9/h2-8,16H,1H3. The Bertz CT molecular complexity index is 1040. The van der Waals surface area contributed by atoms with Crippen LogP contribution in [0.4, 0.5) is 17.6 Å². The monoisotopic (exact) mass is 385 g/mol. The van der Waals surface area contributed by atoms with Gasteiger partial charge in [-0.2, -0.15) is 5.10 Å². The smallest absolute Gasteiger partial charge is 0.264 e. The molecule has 3 rings (SSSR count). The molecule has 136 valence electrons. The van der Waals surface area contributed by atoms with Crippen molar-refractivity contribution >= 4 is 9.84 Å². The highest BCUT2D eigenvalue weighted by Crippen LogP contribution is 2.29. The summed E-state index contributed by atoms with van der Waals surface area (Å²) in [7, 11) is -4.14. The highest BCUT2D eigenvalue weighted by Gasteiger charge is 2.23. The number of alkyl halides is 2. The molecule has 10 heteroatoms. The summed E-state index contributed by atoms with van der Waals surface area (Å²) >= 11 is 0. The third-order valence-corrected chi connectivity index (χ3v) is 4.64. The zero-order valence-electron chi connectivity index (χ0n) is 13.2. The van der Waals surface area contributed by atoms with Crippen molar-refractivity contribution in [3.8, 4) is 16.9 Å². The summed E-state index contributed by atoms with van der Waals surface area (Å²) in [6.07, 6.45) is 0.605. The maximum atomic E-state index is 14.2. The summed E-state index contributed by atoms with van der Waals surface area (Å²) in [4.78, 5) is 2.78. The van der Waals surface area contributed by atoms with E-state index in [2.05, 4.69) is 10.1 Å². The Labute approximate surface area is 145 Å². The first-order chi connectivity index (χ1) is 12.2. The predicted octanol–water partition coefficient (Wildman–Crippen LogP) is 3.55. The summed E-state index contributed by atoms with van der Waals surface area (Å²) in [5.41, 5.74) is -0.325. The first kappa shape index (κ1) is 18.1. The summed E-state index contributed by atoms with van der Waals surface area (Å²) in [6.45, 7) is 0. The molecule has 0 saturated carbocycles. The average Bonchev–Trinajstić information content (AvgIpc) is 2.99. The second-order valence-electron chi connectivity index (χ2n) is 5.42. The number of aromatic nitrogens is 3. The van der Waals surface area contributed by atoms with E-state index in [-0.39, 0.29) is 11.4 Å².